The van der Waals surface area contributed by atoms with Crippen molar-refractivity contribution in [2.24, 2.45) is 5.84 Å². The molecular formula is C12H19N3O2. The Labute approximate surface area is 101 Å². The quantitative estimate of drug-likeness (QED) is 0.471. The summed E-state index contributed by atoms with van der Waals surface area (Å²) in [5, 5.41) is 0. The first-order valence-corrected chi connectivity index (χ1v) is 5.87. The smallest absolute Gasteiger partial charge is 0.300 e. The molecule has 0 aromatic carbocycles. The van der Waals surface area contributed by atoms with E-state index >= 15 is 0 Å². The maximum absolute atomic E-state index is 11.2. The summed E-state index contributed by atoms with van der Waals surface area (Å²) < 4.78 is 5.46. The first kappa shape index (κ1) is 12.1. The minimum Gasteiger partial charge on any atom is -0.455 e. The SMILES string of the molecule is CC1(C)CCCN1Cc1ccc(C(=O)NN)o1. The van der Waals surface area contributed by atoms with E-state index < -0.39 is 5.91 Å². The molecular weight excluding hydrogens is 218 g/mol. The Hall–Kier alpha value is -1.33. The zero-order valence-corrected chi connectivity index (χ0v) is 10.3. The Morgan fingerprint density at radius 2 is 2.35 bits per heavy atom. The van der Waals surface area contributed by atoms with Crippen LogP contribution in [0.5, 0.6) is 0 Å². The molecule has 1 fully saturated rings. The van der Waals surface area contributed by atoms with Crippen LogP contribution in [0.4, 0.5) is 0 Å². The molecule has 94 valence electrons. The van der Waals surface area contributed by atoms with Gasteiger partial charge in [0, 0.05) is 5.54 Å². The summed E-state index contributed by atoms with van der Waals surface area (Å²) >= 11 is 0. The van der Waals surface area contributed by atoms with Crippen LogP contribution in [0.15, 0.2) is 16.5 Å². The van der Waals surface area contributed by atoms with Gasteiger partial charge in [-0.1, -0.05) is 0 Å². The van der Waals surface area contributed by atoms with Crippen LogP contribution < -0.4 is 11.3 Å². The van der Waals surface area contributed by atoms with Crippen molar-refractivity contribution >= 4 is 5.91 Å². The maximum Gasteiger partial charge on any atom is 0.300 e. The van der Waals surface area contributed by atoms with E-state index in [0.717, 1.165) is 18.8 Å². The van der Waals surface area contributed by atoms with Gasteiger partial charge in [0.2, 0.25) is 0 Å². The van der Waals surface area contributed by atoms with E-state index in [0.29, 0.717) is 0 Å². The van der Waals surface area contributed by atoms with Gasteiger partial charge in [-0.3, -0.25) is 15.1 Å². The lowest BCUT2D eigenvalue weighted by Gasteiger charge is -2.30. The lowest BCUT2D eigenvalue weighted by molar-refractivity contribution is 0.0919. The first-order valence-electron chi connectivity index (χ1n) is 5.87. The molecule has 0 radical (unpaired) electrons. The van der Waals surface area contributed by atoms with Gasteiger partial charge in [-0.15, -0.1) is 0 Å². The van der Waals surface area contributed by atoms with Crippen LogP contribution in [-0.2, 0) is 6.54 Å². The number of amides is 1. The molecule has 17 heavy (non-hydrogen) atoms. The third kappa shape index (κ3) is 2.50. The molecule has 1 aromatic rings. The van der Waals surface area contributed by atoms with Crippen molar-refractivity contribution in [2.45, 2.75) is 38.8 Å². The molecule has 0 unspecified atom stereocenters. The zero-order valence-electron chi connectivity index (χ0n) is 10.3. The minimum absolute atomic E-state index is 0.211. The third-order valence-corrected chi connectivity index (χ3v) is 3.44. The molecule has 1 aliphatic heterocycles. The topological polar surface area (TPSA) is 71.5 Å². The molecule has 1 saturated heterocycles. The van der Waals surface area contributed by atoms with Gasteiger partial charge in [0.15, 0.2) is 5.76 Å². The van der Waals surface area contributed by atoms with Crippen molar-refractivity contribution in [2.75, 3.05) is 6.54 Å². The van der Waals surface area contributed by atoms with Crippen LogP contribution in [0.1, 0.15) is 43.0 Å². The van der Waals surface area contributed by atoms with Crippen molar-refractivity contribution in [3.63, 3.8) is 0 Å². The highest BCUT2D eigenvalue weighted by atomic mass is 16.4. The highest BCUT2D eigenvalue weighted by Gasteiger charge is 2.32. The Balaban J connectivity index is 2.04. The van der Waals surface area contributed by atoms with Gasteiger partial charge in [0.1, 0.15) is 5.76 Å². The average molecular weight is 237 g/mol. The summed E-state index contributed by atoms with van der Waals surface area (Å²) in [6.45, 7) is 6.28. The van der Waals surface area contributed by atoms with E-state index in [9.17, 15) is 4.79 Å². The largest absolute Gasteiger partial charge is 0.455 e. The fraction of sp³-hybridized carbons (Fsp3) is 0.583. The van der Waals surface area contributed by atoms with Gasteiger partial charge in [0.05, 0.1) is 6.54 Å². The maximum atomic E-state index is 11.2. The molecule has 0 atom stereocenters. The second-order valence-electron chi connectivity index (χ2n) is 5.08. The fourth-order valence-electron chi connectivity index (χ4n) is 2.30. The molecule has 3 N–H and O–H groups in total. The molecule has 0 spiro atoms. The number of likely N-dealkylation sites (tertiary alicyclic amines) is 1. The number of carbonyl (C=O) groups excluding carboxylic acids is 1. The minimum atomic E-state index is -0.392. The molecule has 1 aliphatic rings. The Kier molecular flexibility index (Phi) is 3.22. The van der Waals surface area contributed by atoms with E-state index in [-0.39, 0.29) is 11.3 Å². The van der Waals surface area contributed by atoms with Gasteiger partial charge in [-0.05, 0) is 45.4 Å². The number of hydrogen-bond acceptors (Lipinski definition) is 4. The normalized spacial score (nSPS) is 19.5. The summed E-state index contributed by atoms with van der Waals surface area (Å²) in [5.41, 5.74) is 2.27. The second-order valence-corrected chi connectivity index (χ2v) is 5.08. The molecule has 2 rings (SSSR count). The van der Waals surface area contributed by atoms with Gasteiger partial charge in [-0.2, -0.15) is 0 Å². The van der Waals surface area contributed by atoms with Crippen molar-refractivity contribution in [3.8, 4) is 0 Å². The average Bonchev–Trinajstić information content (AvgIpc) is 2.86. The lowest BCUT2D eigenvalue weighted by Crippen LogP contribution is -2.37. The highest BCUT2D eigenvalue weighted by Crippen LogP contribution is 2.29. The lowest BCUT2D eigenvalue weighted by atomic mass is 10.0. The summed E-state index contributed by atoms with van der Waals surface area (Å²) in [4.78, 5) is 13.6. The van der Waals surface area contributed by atoms with Crippen molar-refractivity contribution in [3.05, 3.63) is 23.7 Å². The van der Waals surface area contributed by atoms with E-state index in [4.69, 9.17) is 10.3 Å². The molecule has 5 heteroatoms. The molecule has 2 heterocycles. The van der Waals surface area contributed by atoms with Gasteiger partial charge >= 0.3 is 5.91 Å². The van der Waals surface area contributed by atoms with Crippen molar-refractivity contribution < 1.29 is 9.21 Å². The van der Waals surface area contributed by atoms with E-state index in [2.05, 4.69) is 24.2 Å². The number of nitrogens with two attached hydrogens (primary N) is 1. The van der Waals surface area contributed by atoms with Crippen LogP contribution in [-0.4, -0.2) is 22.9 Å². The summed E-state index contributed by atoms with van der Waals surface area (Å²) in [6.07, 6.45) is 2.41. The monoisotopic (exact) mass is 237 g/mol. The number of nitrogens with one attached hydrogen (secondary N) is 1. The van der Waals surface area contributed by atoms with Crippen LogP contribution in [0, 0.1) is 0 Å². The van der Waals surface area contributed by atoms with Crippen LogP contribution in [0.25, 0.3) is 0 Å². The van der Waals surface area contributed by atoms with E-state index in [1.54, 1.807) is 6.07 Å². The van der Waals surface area contributed by atoms with Crippen molar-refractivity contribution in [1.29, 1.82) is 0 Å². The fourth-order valence-corrected chi connectivity index (χ4v) is 2.30. The first-order chi connectivity index (χ1) is 8.03. The molecule has 0 aliphatic carbocycles. The second kappa shape index (κ2) is 4.50. The van der Waals surface area contributed by atoms with Crippen molar-refractivity contribution in [1.82, 2.24) is 10.3 Å². The Bertz CT molecular complexity index is 412. The predicted octanol–water partition coefficient (Wildman–Crippen LogP) is 1.26. The summed E-state index contributed by atoms with van der Waals surface area (Å²) in [5.74, 6) is 5.73. The predicted molar refractivity (Wildman–Crippen MR) is 64.1 cm³/mol. The Morgan fingerprint density at radius 1 is 1.59 bits per heavy atom. The number of hydrogen-bond donors (Lipinski definition) is 2. The standard InChI is InChI=1S/C12H19N3O2/c1-12(2)6-3-7-15(12)8-9-4-5-10(17-9)11(16)14-13/h4-5H,3,6-8,13H2,1-2H3,(H,14,16). The van der Waals surface area contributed by atoms with Crippen LogP contribution in [0.2, 0.25) is 0 Å². The molecule has 0 saturated carbocycles. The third-order valence-electron chi connectivity index (χ3n) is 3.44. The number of nitrogen functional groups attached to an aromatic ring is 1. The number of carbonyl (C=O) groups is 1. The molecule has 5 nitrogen and oxygen atoms in total. The number of hydrazine groups is 1. The molecule has 1 aromatic heterocycles. The van der Waals surface area contributed by atoms with Crippen LogP contribution >= 0.6 is 0 Å². The van der Waals surface area contributed by atoms with Gasteiger partial charge in [-0.25, -0.2) is 5.84 Å². The summed E-state index contributed by atoms with van der Waals surface area (Å²) in [6, 6.07) is 3.49. The highest BCUT2D eigenvalue weighted by molar-refractivity contribution is 5.90. The van der Waals surface area contributed by atoms with Crippen LogP contribution in [0.3, 0.4) is 0 Å². The number of nitrogens with zero attached hydrogens (tertiary/aromatic N) is 1. The summed E-state index contributed by atoms with van der Waals surface area (Å²) in [7, 11) is 0. The zero-order chi connectivity index (χ0) is 12.5. The molecule has 0 bridgehead atoms. The number of rotatable bonds is 3. The van der Waals surface area contributed by atoms with Gasteiger partial charge in [0.25, 0.3) is 0 Å². The Morgan fingerprint density at radius 3 is 2.94 bits per heavy atom. The molecule has 1 amide bonds. The van der Waals surface area contributed by atoms with E-state index in [1.807, 2.05) is 6.07 Å². The van der Waals surface area contributed by atoms with E-state index in [1.165, 1.54) is 12.8 Å². The number of furan rings is 1. The van der Waals surface area contributed by atoms with Gasteiger partial charge < -0.3 is 4.42 Å².